The molecule has 0 aliphatic carbocycles. The summed E-state index contributed by atoms with van der Waals surface area (Å²) >= 11 is 23.3. The van der Waals surface area contributed by atoms with Gasteiger partial charge in [-0.15, -0.1) is 0 Å². The molecule has 0 saturated heterocycles. The molecule has 0 aliphatic heterocycles. The summed E-state index contributed by atoms with van der Waals surface area (Å²) in [4.78, 5) is 27.8. The first-order chi connectivity index (χ1) is 10.8. The first kappa shape index (κ1) is 17.8. The summed E-state index contributed by atoms with van der Waals surface area (Å²) < 4.78 is 0. The first-order valence-electron chi connectivity index (χ1n) is 6.18. The number of aromatic nitrogens is 1. The summed E-state index contributed by atoms with van der Waals surface area (Å²) in [5.74, 6) is -0.709. The molecule has 2 aromatic rings. The van der Waals surface area contributed by atoms with Crippen LogP contribution in [0.1, 0.15) is 15.9 Å². The SMILES string of the molecule is Cc1cc(Cl)nc(Cl)c1C(=O)NC(=O)Nc1ccc(Cl)cc1Cl. The minimum Gasteiger partial charge on any atom is -0.306 e. The number of benzene rings is 1. The molecule has 0 aliphatic rings. The van der Waals surface area contributed by atoms with Crippen molar-refractivity contribution in [3.8, 4) is 0 Å². The number of pyridine rings is 1. The minimum absolute atomic E-state index is 0.0634. The van der Waals surface area contributed by atoms with Crippen molar-refractivity contribution in [1.82, 2.24) is 10.3 Å². The maximum absolute atomic E-state index is 12.1. The van der Waals surface area contributed by atoms with Gasteiger partial charge in [-0.05, 0) is 36.8 Å². The Bertz CT molecular complexity index is 773. The molecule has 2 N–H and O–H groups in total. The van der Waals surface area contributed by atoms with Gasteiger partial charge in [0.15, 0.2) is 0 Å². The average Bonchev–Trinajstić information content (AvgIpc) is 2.40. The van der Waals surface area contributed by atoms with E-state index in [1.54, 1.807) is 13.0 Å². The maximum Gasteiger partial charge on any atom is 0.326 e. The summed E-state index contributed by atoms with van der Waals surface area (Å²) in [6, 6.07) is 5.22. The lowest BCUT2D eigenvalue weighted by Crippen LogP contribution is -2.35. The van der Waals surface area contributed by atoms with Crippen LogP contribution < -0.4 is 10.6 Å². The zero-order valence-corrected chi connectivity index (χ0v) is 14.6. The minimum atomic E-state index is -0.773. The molecule has 1 aromatic carbocycles. The van der Waals surface area contributed by atoms with E-state index in [0.717, 1.165) is 0 Å². The van der Waals surface area contributed by atoms with Crippen molar-refractivity contribution in [1.29, 1.82) is 0 Å². The number of carbonyl (C=O) groups excluding carboxylic acids is 2. The van der Waals surface area contributed by atoms with E-state index < -0.39 is 11.9 Å². The highest BCUT2D eigenvalue weighted by Crippen LogP contribution is 2.25. The van der Waals surface area contributed by atoms with Crippen LogP contribution in [0.3, 0.4) is 0 Å². The van der Waals surface area contributed by atoms with Crippen molar-refractivity contribution in [3.05, 3.63) is 55.7 Å². The van der Waals surface area contributed by atoms with Gasteiger partial charge in [-0.3, -0.25) is 10.1 Å². The number of hydrogen-bond acceptors (Lipinski definition) is 3. The van der Waals surface area contributed by atoms with E-state index in [1.165, 1.54) is 18.2 Å². The Kier molecular flexibility index (Phi) is 5.70. The van der Waals surface area contributed by atoms with Gasteiger partial charge in [0.25, 0.3) is 5.91 Å². The van der Waals surface area contributed by atoms with Crippen LogP contribution in [-0.4, -0.2) is 16.9 Å². The molecule has 23 heavy (non-hydrogen) atoms. The van der Waals surface area contributed by atoms with Crippen LogP contribution in [0, 0.1) is 6.92 Å². The van der Waals surface area contributed by atoms with E-state index >= 15 is 0 Å². The van der Waals surface area contributed by atoms with Gasteiger partial charge in [-0.25, -0.2) is 9.78 Å². The van der Waals surface area contributed by atoms with Crippen LogP contribution in [0.5, 0.6) is 0 Å². The quantitative estimate of drug-likeness (QED) is 0.709. The molecule has 9 heteroatoms. The van der Waals surface area contributed by atoms with Gasteiger partial charge < -0.3 is 5.32 Å². The first-order valence-corrected chi connectivity index (χ1v) is 7.69. The Hall–Kier alpha value is -1.53. The number of anilines is 1. The molecule has 1 heterocycles. The monoisotopic (exact) mass is 391 g/mol. The zero-order chi connectivity index (χ0) is 17.1. The lowest BCUT2D eigenvalue weighted by molar-refractivity contribution is 0.0966. The third-order valence-corrected chi connectivity index (χ3v) is 3.79. The van der Waals surface area contributed by atoms with Crippen LogP contribution >= 0.6 is 46.4 Å². The molecule has 0 fully saturated rings. The molecule has 0 spiro atoms. The summed E-state index contributed by atoms with van der Waals surface area (Å²) in [6.45, 7) is 1.63. The van der Waals surface area contributed by atoms with Crippen LogP contribution in [-0.2, 0) is 0 Å². The van der Waals surface area contributed by atoms with Crippen LogP contribution in [0.2, 0.25) is 20.4 Å². The number of amides is 3. The Labute approximate surface area is 151 Å². The van der Waals surface area contributed by atoms with Crippen molar-refractivity contribution < 1.29 is 9.59 Å². The standard InChI is InChI=1S/C14H9Cl4N3O2/c1-6-4-10(17)20-12(18)11(6)13(22)21-14(23)19-9-3-2-7(15)5-8(9)16/h2-5H,1H3,(H2,19,21,22,23). The molecule has 0 radical (unpaired) electrons. The predicted octanol–water partition coefficient (Wildman–Crippen LogP) is 4.97. The van der Waals surface area contributed by atoms with E-state index in [0.29, 0.717) is 16.3 Å². The highest BCUT2D eigenvalue weighted by atomic mass is 35.5. The number of carbonyl (C=O) groups is 2. The molecule has 0 bridgehead atoms. The zero-order valence-electron chi connectivity index (χ0n) is 11.6. The Morgan fingerprint density at radius 1 is 1.09 bits per heavy atom. The summed E-state index contributed by atoms with van der Waals surface area (Å²) in [6.07, 6.45) is 0. The molecule has 0 atom stereocenters. The molecule has 0 saturated carbocycles. The highest BCUT2D eigenvalue weighted by molar-refractivity contribution is 6.37. The second-order valence-electron chi connectivity index (χ2n) is 4.46. The largest absolute Gasteiger partial charge is 0.326 e. The molecule has 0 unspecified atom stereocenters. The number of nitrogens with one attached hydrogen (secondary N) is 2. The average molecular weight is 393 g/mol. The second kappa shape index (κ2) is 7.36. The number of hydrogen-bond donors (Lipinski definition) is 2. The van der Waals surface area contributed by atoms with Crippen molar-refractivity contribution in [2.24, 2.45) is 0 Å². The topological polar surface area (TPSA) is 71.1 Å². The smallest absolute Gasteiger partial charge is 0.306 e. The fourth-order valence-corrected chi connectivity index (χ4v) is 2.85. The van der Waals surface area contributed by atoms with E-state index in [-0.39, 0.29) is 20.9 Å². The van der Waals surface area contributed by atoms with Gasteiger partial charge in [0.2, 0.25) is 0 Å². The fourth-order valence-electron chi connectivity index (χ4n) is 1.78. The van der Waals surface area contributed by atoms with Gasteiger partial charge in [0, 0.05) is 5.02 Å². The van der Waals surface area contributed by atoms with E-state index in [9.17, 15) is 9.59 Å². The Morgan fingerprint density at radius 2 is 1.78 bits per heavy atom. The van der Waals surface area contributed by atoms with Gasteiger partial charge in [-0.2, -0.15) is 0 Å². The van der Waals surface area contributed by atoms with Crippen molar-refractivity contribution >= 4 is 64.0 Å². The maximum atomic E-state index is 12.1. The van der Waals surface area contributed by atoms with Crippen LogP contribution in [0.25, 0.3) is 0 Å². The van der Waals surface area contributed by atoms with Gasteiger partial charge in [0.1, 0.15) is 10.3 Å². The molecule has 5 nitrogen and oxygen atoms in total. The van der Waals surface area contributed by atoms with E-state index in [1.807, 2.05) is 0 Å². The van der Waals surface area contributed by atoms with E-state index in [4.69, 9.17) is 46.4 Å². The Balaban J connectivity index is 2.13. The molecular weight excluding hydrogens is 384 g/mol. The summed E-state index contributed by atoms with van der Waals surface area (Å²) in [5.41, 5.74) is 0.858. The molecule has 2 rings (SSSR count). The summed E-state index contributed by atoms with van der Waals surface area (Å²) in [7, 11) is 0. The second-order valence-corrected chi connectivity index (χ2v) is 6.05. The van der Waals surface area contributed by atoms with Crippen molar-refractivity contribution in [2.75, 3.05) is 5.32 Å². The van der Waals surface area contributed by atoms with Crippen LogP contribution in [0.15, 0.2) is 24.3 Å². The van der Waals surface area contributed by atoms with Crippen molar-refractivity contribution in [3.63, 3.8) is 0 Å². The summed E-state index contributed by atoms with van der Waals surface area (Å²) in [5, 5.41) is 5.30. The van der Waals surface area contributed by atoms with E-state index in [2.05, 4.69) is 15.6 Å². The molecular formula is C14H9Cl4N3O2. The molecule has 1 aromatic heterocycles. The van der Waals surface area contributed by atoms with Crippen molar-refractivity contribution in [2.45, 2.75) is 6.92 Å². The molecule has 120 valence electrons. The highest BCUT2D eigenvalue weighted by Gasteiger charge is 2.18. The number of halogens is 4. The van der Waals surface area contributed by atoms with Gasteiger partial charge >= 0.3 is 6.03 Å². The number of aryl methyl sites for hydroxylation is 1. The third kappa shape index (κ3) is 4.48. The predicted molar refractivity (Wildman–Crippen MR) is 91.9 cm³/mol. The lowest BCUT2D eigenvalue weighted by Gasteiger charge is -2.10. The fraction of sp³-hybridized carbons (Fsp3) is 0.0714. The number of urea groups is 1. The normalized spacial score (nSPS) is 10.3. The lowest BCUT2D eigenvalue weighted by atomic mass is 10.1. The number of rotatable bonds is 2. The van der Waals surface area contributed by atoms with Gasteiger partial charge in [0.05, 0.1) is 16.3 Å². The molecule has 3 amide bonds. The third-order valence-electron chi connectivity index (χ3n) is 2.77. The number of nitrogens with zero attached hydrogens (tertiary/aromatic N) is 1. The van der Waals surface area contributed by atoms with Crippen LogP contribution in [0.4, 0.5) is 10.5 Å². The Morgan fingerprint density at radius 3 is 2.39 bits per heavy atom. The number of imide groups is 1. The van der Waals surface area contributed by atoms with Gasteiger partial charge in [-0.1, -0.05) is 46.4 Å².